The second-order valence-corrected chi connectivity index (χ2v) is 7.07. The van der Waals surface area contributed by atoms with Crippen LogP contribution in [-0.2, 0) is 28.8 Å². The van der Waals surface area contributed by atoms with Crippen molar-refractivity contribution >= 4 is 35.6 Å². The van der Waals surface area contributed by atoms with Crippen LogP contribution in [0.4, 0.5) is 0 Å². The number of amides is 4. The lowest BCUT2D eigenvalue weighted by molar-refractivity contribution is -0.143. The number of nitrogens with one attached hydrogen (secondary N) is 3. The van der Waals surface area contributed by atoms with Crippen LogP contribution in [0.3, 0.4) is 0 Å². The quantitative estimate of drug-likeness (QED) is 0.160. The van der Waals surface area contributed by atoms with Crippen molar-refractivity contribution in [2.75, 3.05) is 0 Å². The third-order valence-electron chi connectivity index (χ3n) is 4.03. The first-order chi connectivity index (χ1) is 13.8. The minimum atomic E-state index is -1.56. The molecule has 0 fully saturated rings. The van der Waals surface area contributed by atoms with Gasteiger partial charge >= 0.3 is 11.9 Å². The highest BCUT2D eigenvalue weighted by Gasteiger charge is 2.32. The summed E-state index contributed by atoms with van der Waals surface area (Å²) in [7, 11) is 0. The van der Waals surface area contributed by atoms with Gasteiger partial charge in [0.05, 0.1) is 12.5 Å². The van der Waals surface area contributed by atoms with Gasteiger partial charge in [0.25, 0.3) is 0 Å². The summed E-state index contributed by atoms with van der Waals surface area (Å²) in [5.74, 6) is -6.46. The van der Waals surface area contributed by atoms with E-state index in [1.807, 2.05) is 0 Å². The normalized spacial score (nSPS) is 14.7. The zero-order valence-electron chi connectivity index (χ0n) is 17.0. The summed E-state index contributed by atoms with van der Waals surface area (Å²) in [5.41, 5.74) is 10.6. The summed E-state index contributed by atoms with van der Waals surface area (Å²) in [6.07, 6.45) is -1.08. The van der Waals surface area contributed by atoms with E-state index in [1.54, 1.807) is 13.8 Å². The zero-order valence-corrected chi connectivity index (χ0v) is 17.0. The predicted molar refractivity (Wildman–Crippen MR) is 103 cm³/mol. The van der Waals surface area contributed by atoms with Crippen LogP contribution >= 0.6 is 0 Å². The van der Waals surface area contributed by atoms with Crippen LogP contribution < -0.4 is 27.4 Å². The van der Waals surface area contributed by atoms with Crippen molar-refractivity contribution in [2.45, 2.75) is 64.2 Å². The van der Waals surface area contributed by atoms with Crippen LogP contribution in [-0.4, -0.2) is 69.9 Å². The number of carbonyl (C=O) groups is 6. The molecule has 0 heterocycles. The van der Waals surface area contributed by atoms with Gasteiger partial charge in [-0.2, -0.15) is 0 Å². The van der Waals surface area contributed by atoms with Gasteiger partial charge in [-0.3, -0.25) is 28.8 Å². The van der Waals surface area contributed by atoms with Crippen molar-refractivity contribution in [3.63, 3.8) is 0 Å². The molecule has 0 rings (SSSR count). The maximum absolute atomic E-state index is 12.5. The fourth-order valence-electron chi connectivity index (χ4n) is 2.25. The van der Waals surface area contributed by atoms with Gasteiger partial charge in [0.2, 0.25) is 23.6 Å². The summed E-state index contributed by atoms with van der Waals surface area (Å²) in [5, 5.41) is 24.6. The van der Waals surface area contributed by atoms with Crippen LogP contribution in [0, 0.1) is 5.92 Å². The van der Waals surface area contributed by atoms with Gasteiger partial charge in [0.1, 0.15) is 18.1 Å². The number of carbonyl (C=O) groups excluding carboxylic acids is 4. The van der Waals surface area contributed by atoms with Gasteiger partial charge in [-0.05, 0) is 19.3 Å². The molecule has 0 radical (unpaired) electrons. The first-order valence-corrected chi connectivity index (χ1v) is 9.15. The van der Waals surface area contributed by atoms with Gasteiger partial charge < -0.3 is 37.6 Å². The number of rotatable bonds is 13. The van der Waals surface area contributed by atoms with Gasteiger partial charge in [-0.15, -0.1) is 0 Å². The number of carboxylic acid groups (broad SMARTS) is 2. The Morgan fingerprint density at radius 1 is 0.867 bits per heavy atom. The molecule has 0 aromatic rings. The van der Waals surface area contributed by atoms with Crippen LogP contribution in [0.1, 0.15) is 40.0 Å². The van der Waals surface area contributed by atoms with Crippen molar-refractivity contribution in [3.05, 3.63) is 0 Å². The van der Waals surface area contributed by atoms with E-state index in [-0.39, 0.29) is 12.8 Å². The lowest BCUT2D eigenvalue weighted by Gasteiger charge is -2.26. The van der Waals surface area contributed by atoms with Gasteiger partial charge in [-0.25, -0.2) is 0 Å². The summed E-state index contributed by atoms with van der Waals surface area (Å²) in [6.45, 7) is 4.40. The molecule has 13 nitrogen and oxygen atoms in total. The molecule has 13 heteroatoms. The van der Waals surface area contributed by atoms with E-state index >= 15 is 0 Å². The second-order valence-electron chi connectivity index (χ2n) is 7.07. The molecule has 0 bridgehead atoms. The van der Waals surface area contributed by atoms with Gasteiger partial charge in [0.15, 0.2) is 0 Å². The van der Waals surface area contributed by atoms with Crippen molar-refractivity contribution in [3.8, 4) is 0 Å². The van der Waals surface area contributed by atoms with E-state index in [0.717, 1.165) is 0 Å². The highest BCUT2D eigenvalue weighted by molar-refractivity contribution is 5.95. The maximum atomic E-state index is 12.5. The first kappa shape index (κ1) is 26.8. The number of hydrogen-bond acceptors (Lipinski definition) is 7. The van der Waals surface area contributed by atoms with Crippen LogP contribution in [0.5, 0.6) is 0 Å². The van der Waals surface area contributed by atoms with Gasteiger partial charge in [0, 0.05) is 6.42 Å². The first-order valence-electron chi connectivity index (χ1n) is 9.15. The van der Waals surface area contributed by atoms with E-state index in [2.05, 4.69) is 16.0 Å². The van der Waals surface area contributed by atoms with Crippen molar-refractivity contribution in [1.29, 1.82) is 0 Å². The largest absolute Gasteiger partial charge is 0.481 e. The van der Waals surface area contributed by atoms with Crippen molar-refractivity contribution in [2.24, 2.45) is 17.4 Å². The number of nitrogens with two attached hydrogens (primary N) is 2. The van der Waals surface area contributed by atoms with E-state index in [1.165, 1.54) is 6.92 Å². The monoisotopic (exact) mass is 431 g/mol. The summed E-state index contributed by atoms with van der Waals surface area (Å²) < 4.78 is 0. The Hall–Kier alpha value is -3.22. The van der Waals surface area contributed by atoms with E-state index in [0.29, 0.717) is 0 Å². The number of carboxylic acids is 2. The fourth-order valence-corrected chi connectivity index (χ4v) is 2.25. The predicted octanol–water partition coefficient (Wildman–Crippen LogP) is -2.73. The third kappa shape index (κ3) is 9.82. The standard InChI is InChI=1S/C17H29N5O8/c1-7(2)13(16(28)20-8(3)17(29)30)22-15(27)10(6-12(24)25)21-14(26)9(18)4-5-11(19)23/h7-10,13H,4-6,18H2,1-3H3,(H2,19,23)(H,20,28)(H,21,26)(H,22,27)(H,24,25)(H,29,30). The molecule has 4 atom stereocenters. The lowest BCUT2D eigenvalue weighted by atomic mass is 10.0. The van der Waals surface area contributed by atoms with E-state index in [4.69, 9.17) is 21.7 Å². The molecule has 9 N–H and O–H groups in total. The summed E-state index contributed by atoms with van der Waals surface area (Å²) in [4.78, 5) is 69.7. The molecule has 0 saturated heterocycles. The minimum Gasteiger partial charge on any atom is -0.481 e. The Morgan fingerprint density at radius 2 is 1.43 bits per heavy atom. The lowest BCUT2D eigenvalue weighted by Crippen LogP contribution is -2.58. The molecule has 0 spiro atoms. The number of hydrogen-bond donors (Lipinski definition) is 7. The smallest absolute Gasteiger partial charge is 0.325 e. The molecular formula is C17H29N5O8. The third-order valence-corrected chi connectivity index (χ3v) is 4.03. The summed E-state index contributed by atoms with van der Waals surface area (Å²) >= 11 is 0. The zero-order chi connectivity index (χ0) is 23.6. The van der Waals surface area contributed by atoms with Crippen molar-refractivity contribution in [1.82, 2.24) is 16.0 Å². The molecular weight excluding hydrogens is 402 g/mol. The average molecular weight is 431 g/mol. The van der Waals surface area contributed by atoms with E-state index in [9.17, 15) is 28.8 Å². The highest BCUT2D eigenvalue weighted by Crippen LogP contribution is 2.05. The molecule has 0 aromatic carbocycles. The summed E-state index contributed by atoms with van der Waals surface area (Å²) in [6, 6.07) is -5.16. The molecule has 170 valence electrons. The second kappa shape index (κ2) is 12.4. The molecule has 30 heavy (non-hydrogen) atoms. The Balaban J connectivity index is 5.27. The Labute approximate surface area is 172 Å². The number of aliphatic carboxylic acids is 2. The van der Waals surface area contributed by atoms with Crippen LogP contribution in [0.15, 0.2) is 0 Å². The molecule has 4 amide bonds. The highest BCUT2D eigenvalue weighted by atomic mass is 16.4. The molecule has 0 aliphatic carbocycles. The molecule has 0 saturated carbocycles. The minimum absolute atomic E-state index is 0.104. The van der Waals surface area contributed by atoms with Crippen LogP contribution in [0.25, 0.3) is 0 Å². The Morgan fingerprint density at radius 3 is 1.87 bits per heavy atom. The average Bonchev–Trinajstić information content (AvgIpc) is 2.62. The van der Waals surface area contributed by atoms with Crippen LogP contribution in [0.2, 0.25) is 0 Å². The van der Waals surface area contributed by atoms with Crippen molar-refractivity contribution < 1.29 is 39.0 Å². The maximum Gasteiger partial charge on any atom is 0.325 e. The SMILES string of the molecule is CC(NC(=O)C(NC(=O)C(CC(=O)O)NC(=O)C(N)CCC(N)=O)C(C)C)C(=O)O. The molecule has 4 unspecified atom stereocenters. The molecule has 0 aliphatic heterocycles. The topological polar surface area (TPSA) is 231 Å². The molecule has 0 aliphatic rings. The Bertz CT molecular complexity index is 681. The van der Waals surface area contributed by atoms with Gasteiger partial charge in [-0.1, -0.05) is 13.8 Å². The van der Waals surface area contributed by atoms with E-state index < -0.39 is 72.1 Å². The number of primary amides is 1. The molecule has 0 aromatic heterocycles. The fraction of sp³-hybridized carbons (Fsp3) is 0.647. The Kier molecular flexibility index (Phi) is 11.0.